The van der Waals surface area contributed by atoms with E-state index >= 15 is 0 Å². The Morgan fingerprint density at radius 1 is 1.00 bits per heavy atom. The molecule has 0 aromatic rings. The van der Waals surface area contributed by atoms with Gasteiger partial charge in [-0.05, 0) is 0 Å². The van der Waals surface area contributed by atoms with Crippen molar-refractivity contribution in [2.75, 3.05) is 0 Å². The maximum Gasteiger partial charge on any atom is 0.394 e. The summed E-state index contributed by atoms with van der Waals surface area (Å²) in [7, 11) is -4.67. The van der Waals surface area contributed by atoms with Gasteiger partial charge in [0, 0.05) is 43.4 Å². The molecule has 0 aliphatic heterocycles. The third-order valence-corrected chi connectivity index (χ3v) is 0. The van der Waals surface area contributed by atoms with Gasteiger partial charge in [-0.15, -0.1) is 0 Å². The SMILES string of the molecule is O.O=S(=O)(O)O.[Ti].[Ti]. The van der Waals surface area contributed by atoms with Crippen molar-refractivity contribution in [1.29, 1.82) is 0 Å². The van der Waals surface area contributed by atoms with E-state index in [9.17, 15) is 0 Å². The molecule has 0 rings (SSSR count). The molecule has 0 aliphatic rings. The number of rotatable bonds is 0. The van der Waals surface area contributed by atoms with E-state index in [1.54, 1.807) is 0 Å². The molecule has 5 nitrogen and oxygen atoms in total. The van der Waals surface area contributed by atoms with Gasteiger partial charge in [-0.25, -0.2) is 0 Å². The summed E-state index contributed by atoms with van der Waals surface area (Å²) < 4.78 is 31.6. The van der Waals surface area contributed by atoms with Crippen LogP contribution in [0.5, 0.6) is 0 Å². The normalized spacial score (nSPS) is 7.25. The molecule has 4 N–H and O–H groups in total. The second-order valence-electron chi connectivity index (χ2n) is 0.448. The van der Waals surface area contributed by atoms with Crippen LogP contribution >= 0.6 is 0 Å². The first-order valence-electron chi connectivity index (χ1n) is 0.698. The molecule has 0 fully saturated rings. The summed E-state index contributed by atoms with van der Waals surface area (Å²) in [5.74, 6) is 0. The Labute approximate surface area is 76.5 Å². The Morgan fingerprint density at radius 2 is 1.00 bits per heavy atom. The van der Waals surface area contributed by atoms with Gasteiger partial charge >= 0.3 is 10.4 Å². The van der Waals surface area contributed by atoms with Crippen molar-refractivity contribution in [2.45, 2.75) is 0 Å². The van der Waals surface area contributed by atoms with Gasteiger partial charge < -0.3 is 5.48 Å². The fourth-order valence-electron chi connectivity index (χ4n) is 0. The molecule has 0 saturated carbocycles. The molecule has 0 saturated heterocycles. The van der Waals surface area contributed by atoms with E-state index < -0.39 is 10.4 Å². The van der Waals surface area contributed by atoms with Gasteiger partial charge in [-0.2, -0.15) is 8.42 Å². The predicted molar refractivity (Wildman–Crippen MR) is 17.8 cm³/mol. The molecule has 0 heterocycles. The summed E-state index contributed by atoms with van der Waals surface area (Å²) >= 11 is 0. The van der Waals surface area contributed by atoms with Crippen LogP contribution in [0.2, 0.25) is 0 Å². The van der Waals surface area contributed by atoms with Crippen LogP contribution in [0.3, 0.4) is 0 Å². The monoisotopic (exact) mass is 212 g/mol. The fraction of sp³-hybridized carbons (Fsp3) is 0. The predicted octanol–water partition coefficient (Wildman–Crippen LogP) is -1.48. The van der Waals surface area contributed by atoms with Crippen LogP contribution in [0.4, 0.5) is 0 Å². The van der Waals surface area contributed by atoms with Gasteiger partial charge in [-0.1, -0.05) is 0 Å². The average molecular weight is 212 g/mol. The van der Waals surface area contributed by atoms with Crippen molar-refractivity contribution >= 4 is 10.4 Å². The van der Waals surface area contributed by atoms with E-state index in [4.69, 9.17) is 17.5 Å². The summed E-state index contributed by atoms with van der Waals surface area (Å²) in [5.41, 5.74) is 0. The molecule has 0 bridgehead atoms. The standard InChI is InChI=1S/H2O4S.H2O.2Ti/c1-5(2,3)4;;;/h(H2,1,2,3,4);1H2;;. The summed E-state index contributed by atoms with van der Waals surface area (Å²) in [4.78, 5) is 0. The molecule has 0 radical (unpaired) electrons. The van der Waals surface area contributed by atoms with Gasteiger partial charge in [0.05, 0.1) is 0 Å². The Bertz CT molecular complexity index is 93.6. The van der Waals surface area contributed by atoms with Crippen molar-refractivity contribution in [1.82, 2.24) is 0 Å². The second-order valence-corrected chi connectivity index (χ2v) is 1.34. The minimum Gasteiger partial charge on any atom is -0.412 e. The maximum atomic E-state index is 8.74. The van der Waals surface area contributed by atoms with Crippen LogP contribution in [-0.4, -0.2) is 23.0 Å². The van der Waals surface area contributed by atoms with Gasteiger partial charge in [0.1, 0.15) is 0 Å². The van der Waals surface area contributed by atoms with E-state index in [0.29, 0.717) is 0 Å². The van der Waals surface area contributed by atoms with E-state index in [0.717, 1.165) is 0 Å². The van der Waals surface area contributed by atoms with Gasteiger partial charge in [-0.3, -0.25) is 9.11 Å². The topological polar surface area (TPSA) is 106 Å². The molecule has 0 aliphatic carbocycles. The molecule has 0 aromatic carbocycles. The first-order valence-corrected chi connectivity index (χ1v) is 2.10. The summed E-state index contributed by atoms with van der Waals surface area (Å²) in [5, 5.41) is 0. The summed E-state index contributed by atoms with van der Waals surface area (Å²) in [6, 6.07) is 0. The quantitative estimate of drug-likeness (QED) is 0.377. The zero-order valence-corrected chi connectivity index (χ0v) is 7.56. The van der Waals surface area contributed by atoms with Crippen molar-refractivity contribution in [3.05, 3.63) is 0 Å². The molecular formula is H4O5STi2. The van der Waals surface area contributed by atoms with Crippen LogP contribution in [-0.2, 0) is 53.8 Å². The van der Waals surface area contributed by atoms with Gasteiger partial charge in [0.15, 0.2) is 0 Å². The molecule has 0 amide bonds. The van der Waals surface area contributed by atoms with Gasteiger partial charge in [0.25, 0.3) is 0 Å². The van der Waals surface area contributed by atoms with Crippen molar-refractivity contribution < 1.29 is 66.4 Å². The first-order chi connectivity index (χ1) is 2.00. The Balaban J connectivity index is -0.0000000267. The molecule has 0 unspecified atom stereocenters. The largest absolute Gasteiger partial charge is 0.412 e. The van der Waals surface area contributed by atoms with Crippen LogP contribution in [0.1, 0.15) is 0 Å². The van der Waals surface area contributed by atoms with Crippen LogP contribution < -0.4 is 0 Å². The molecule has 8 heavy (non-hydrogen) atoms. The number of hydrogen-bond acceptors (Lipinski definition) is 2. The summed E-state index contributed by atoms with van der Waals surface area (Å²) in [6.07, 6.45) is 0. The Morgan fingerprint density at radius 3 is 1.00 bits per heavy atom. The average Bonchev–Trinajstić information content (AvgIpc) is 0.722. The minimum absolute atomic E-state index is 0. The molecule has 0 atom stereocenters. The maximum absolute atomic E-state index is 8.74. The zero-order chi connectivity index (χ0) is 4.50. The second kappa shape index (κ2) is 8.26. The summed E-state index contributed by atoms with van der Waals surface area (Å²) in [6.45, 7) is 0. The van der Waals surface area contributed by atoms with E-state index in [1.165, 1.54) is 0 Å². The van der Waals surface area contributed by atoms with E-state index in [1.807, 2.05) is 0 Å². The van der Waals surface area contributed by atoms with Crippen LogP contribution in [0, 0.1) is 0 Å². The smallest absolute Gasteiger partial charge is 0.394 e. The van der Waals surface area contributed by atoms with Crippen LogP contribution in [0.15, 0.2) is 0 Å². The van der Waals surface area contributed by atoms with Crippen molar-refractivity contribution in [3.63, 3.8) is 0 Å². The van der Waals surface area contributed by atoms with Crippen molar-refractivity contribution in [3.8, 4) is 0 Å². The van der Waals surface area contributed by atoms with Gasteiger partial charge in [0.2, 0.25) is 0 Å². The third kappa shape index (κ3) is 179. The van der Waals surface area contributed by atoms with E-state index in [-0.39, 0.29) is 48.9 Å². The molecule has 8 heteroatoms. The Hall–Kier alpha value is 1.26. The third-order valence-electron chi connectivity index (χ3n) is 0. The molecule has 48 valence electrons. The minimum atomic E-state index is -4.67. The van der Waals surface area contributed by atoms with Crippen LogP contribution in [0.25, 0.3) is 0 Å². The Kier molecular flexibility index (Phi) is 23.6. The molecule has 0 aromatic heterocycles. The molecular weight excluding hydrogens is 208 g/mol. The number of hydrogen-bond donors (Lipinski definition) is 2. The first kappa shape index (κ1) is 22.8. The fourth-order valence-corrected chi connectivity index (χ4v) is 0. The van der Waals surface area contributed by atoms with E-state index in [2.05, 4.69) is 0 Å². The molecule has 0 spiro atoms. The van der Waals surface area contributed by atoms with Crippen molar-refractivity contribution in [2.24, 2.45) is 0 Å². The zero-order valence-electron chi connectivity index (χ0n) is 3.62.